The first-order chi connectivity index (χ1) is 12.6. The van der Waals surface area contributed by atoms with Crippen molar-refractivity contribution in [2.45, 2.75) is 26.3 Å². The minimum absolute atomic E-state index is 0.0830. The van der Waals surface area contributed by atoms with E-state index < -0.39 is 0 Å². The van der Waals surface area contributed by atoms with Crippen LogP contribution in [0.2, 0.25) is 0 Å². The van der Waals surface area contributed by atoms with Gasteiger partial charge in [-0.05, 0) is 55.2 Å². The number of nitrogens with zero attached hydrogens (tertiary/aromatic N) is 1. The monoisotopic (exact) mass is 355 g/mol. The van der Waals surface area contributed by atoms with Gasteiger partial charge in [-0.2, -0.15) is 0 Å². The second kappa shape index (κ2) is 8.56. The maximum absolute atomic E-state index is 12.5. The van der Waals surface area contributed by atoms with E-state index in [9.17, 15) is 9.59 Å². The van der Waals surface area contributed by atoms with Crippen molar-refractivity contribution >= 4 is 17.5 Å². The van der Waals surface area contributed by atoms with E-state index in [-0.39, 0.29) is 18.4 Å². The minimum Gasteiger partial charge on any atom is -0.467 e. The fourth-order valence-electron chi connectivity index (χ4n) is 2.97. The molecule has 1 aliphatic heterocycles. The lowest BCUT2D eigenvalue weighted by atomic mass is 9.98. The van der Waals surface area contributed by atoms with E-state index in [2.05, 4.69) is 17.6 Å². The van der Waals surface area contributed by atoms with Crippen LogP contribution in [-0.2, 0) is 11.3 Å². The molecular formula is C20H25N3O3. The van der Waals surface area contributed by atoms with E-state index in [1.807, 2.05) is 35.2 Å². The van der Waals surface area contributed by atoms with Crippen molar-refractivity contribution in [2.75, 3.05) is 25.0 Å². The third-order valence-electron chi connectivity index (χ3n) is 4.70. The van der Waals surface area contributed by atoms with Gasteiger partial charge in [-0.25, -0.2) is 0 Å². The van der Waals surface area contributed by atoms with Gasteiger partial charge < -0.3 is 20.0 Å². The van der Waals surface area contributed by atoms with Gasteiger partial charge in [0.2, 0.25) is 5.91 Å². The molecule has 6 nitrogen and oxygen atoms in total. The summed E-state index contributed by atoms with van der Waals surface area (Å²) in [5.74, 6) is 1.38. The summed E-state index contributed by atoms with van der Waals surface area (Å²) in [7, 11) is 0. The average Bonchev–Trinajstić information content (AvgIpc) is 3.19. The van der Waals surface area contributed by atoms with Gasteiger partial charge in [0.25, 0.3) is 5.91 Å². The molecule has 2 aromatic rings. The number of carbonyl (C=O) groups is 2. The fraction of sp³-hybridized carbons (Fsp3) is 0.400. The van der Waals surface area contributed by atoms with Gasteiger partial charge in [-0.15, -0.1) is 0 Å². The molecule has 0 radical (unpaired) electrons. The average molecular weight is 355 g/mol. The van der Waals surface area contributed by atoms with Gasteiger partial charge in [-0.3, -0.25) is 9.59 Å². The van der Waals surface area contributed by atoms with E-state index in [0.29, 0.717) is 23.8 Å². The van der Waals surface area contributed by atoms with Gasteiger partial charge in [0.05, 0.1) is 19.4 Å². The molecule has 1 aromatic heterocycles. The van der Waals surface area contributed by atoms with Crippen LogP contribution in [0.15, 0.2) is 47.1 Å². The Hall–Kier alpha value is -2.76. The molecule has 6 heteroatoms. The Kier molecular flexibility index (Phi) is 5.94. The Labute approximate surface area is 153 Å². The number of nitrogens with one attached hydrogen (secondary N) is 2. The molecule has 1 fully saturated rings. The van der Waals surface area contributed by atoms with E-state index in [0.717, 1.165) is 31.6 Å². The Morgan fingerprint density at radius 2 is 1.88 bits per heavy atom. The third kappa shape index (κ3) is 4.88. The molecule has 1 aliphatic rings. The molecule has 1 aromatic carbocycles. The quantitative estimate of drug-likeness (QED) is 0.836. The number of rotatable bonds is 6. The zero-order chi connectivity index (χ0) is 18.4. The molecule has 138 valence electrons. The minimum atomic E-state index is -0.121. The number of likely N-dealkylation sites (tertiary alicyclic amines) is 1. The molecule has 0 saturated carbocycles. The summed E-state index contributed by atoms with van der Waals surface area (Å²) in [6.07, 6.45) is 3.71. The van der Waals surface area contributed by atoms with Crippen LogP contribution in [0, 0.1) is 5.92 Å². The summed E-state index contributed by atoms with van der Waals surface area (Å²) in [6.45, 7) is 4.42. The van der Waals surface area contributed by atoms with Crippen LogP contribution in [0.1, 0.15) is 35.9 Å². The third-order valence-corrected chi connectivity index (χ3v) is 4.70. The number of benzene rings is 1. The van der Waals surface area contributed by atoms with Crippen LogP contribution in [0.5, 0.6) is 0 Å². The first-order valence-corrected chi connectivity index (χ1v) is 9.04. The normalized spacial score (nSPS) is 14.9. The smallest absolute Gasteiger partial charge is 0.253 e. The van der Waals surface area contributed by atoms with Crippen LogP contribution in [0.25, 0.3) is 0 Å². The zero-order valence-electron chi connectivity index (χ0n) is 15.0. The van der Waals surface area contributed by atoms with Crippen LogP contribution in [0.3, 0.4) is 0 Å². The van der Waals surface area contributed by atoms with E-state index >= 15 is 0 Å². The summed E-state index contributed by atoms with van der Waals surface area (Å²) in [5.41, 5.74) is 1.49. The number of hydrogen-bond acceptors (Lipinski definition) is 4. The Morgan fingerprint density at radius 3 is 2.54 bits per heavy atom. The molecule has 0 aliphatic carbocycles. The van der Waals surface area contributed by atoms with Crippen molar-refractivity contribution in [2.24, 2.45) is 5.92 Å². The summed E-state index contributed by atoms with van der Waals surface area (Å²) < 4.78 is 5.17. The highest BCUT2D eigenvalue weighted by atomic mass is 16.3. The van der Waals surface area contributed by atoms with Crippen molar-refractivity contribution in [3.8, 4) is 0 Å². The molecule has 0 bridgehead atoms. The fourth-order valence-corrected chi connectivity index (χ4v) is 2.97. The second-order valence-corrected chi connectivity index (χ2v) is 6.76. The number of hydrogen-bond donors (Lipinski definition) is 2. The first kappa shape index (κ1) is 18.0. The summed E-state index contributed by atoms with van der Waals surface area (Å²) in [6, 6.07) is 10.9. The van der Waals surface area contributed by atoms with E-state index in [1.165, 1.54) is 0 Å². The maximum Gasteiger partial charge on any atom is 0.253 e. The summed E-state index contributed by atoms with van der Waals surface area (Å²) in [4.78, 5) is 26.3. The van der Waals surface area contributed by atoms with Crippen molar-refractivity contribution in [3.63, 3.8) is 0 Å². The van der Waals surface area contributed by atoms with Crippen LogP contribution in [-0.4, -0.2) is 36.3 Å². The summed E-state index contributed by atoms with van der Waals surface area (Å²) >= 11 is 0. The molecule has 1 saturated heterocycles. The lowest BCUT2D eigenvalue weighted by molar-refractivity contribution is -0.119. The van der Waals surface area contributed by atoms with Crippen molar-refractivity contribution in [3.05, 3.63) is 54.0 Å². The van der Waals surface area contributed by atoms with Crippen LogP contribution >= 0.6 is 0 Å². The Morgan fingerprint density at radius 1 is 1.15 bits per heavy atom. The van der Waals surface area contributed by atoms with Gasteiger partial charge >= 0.3 is 0 Å². The highest BCUT2D eigenvalue weighted by Crippen LogP contribution is 2.19. The van der Waals surface area contributed by atoms with E-state index in [4.69, 9.17) is 4.42 Å². The second-order valence-electron chi connectivity index (χ2n) is 6.76. The van der Waals surface area contributed by atoms with E-state index in [1.54, 1.807) is 12.3 Å². The SMILES string of the molecule is CC1CCN(C(=O)c2ccc(NCC(=O)NCc3ccco3)cc2)CC1. The standard InChI is InChI=1S/C20H25N3O3/c1-15-8-10-23(11-9-15)20(25)16-4-6-17(7-5-16)21-14-19(24)22-13-18-3-2-12-26-18/h2-7,12,15,21H,8-11,13-14H2,1H3,(H,22,24). The number of amides is 2. The molecule has 0 atom stereocenters. The largest absolute Gasteiger partial charge is 0.467 e. The predicted molar refractivity (Wildman–Crippen MR) is 99.8 cm³/mol. The molecule has 0 unspecified atom stereocenters. The number of furan rings is 1. The number of piperidine rings is 1. The molecule has 2 amide bonds. The first-order valence-electron chi connectivity index (χ1n) is 9.04. The van der Waals surface area contributed by atoms with Gasteiger partial charge in [0.15, 0.2) is 0 Å². The predicted octanol–water partition coefficient (Wildman–Crippen LogP) is 2.88. The molecule has 26 heavy (non-hydrogen) atoms. The van der Waals surface area contributed by atoms with Crippen LogP contribution < -0.4 is 10.6 Å². The highest BCUT2D eigenvalue weighted by Gasteiger charge is 2.21. The number of anilines is 1. The van der Waals surface area contributed by atoms with Gasteiger partial charge in [0, 0.05) is 24.3 Å². The Balaban J connectivity index is 1.45. The summed E-state index contributed by atoms with van der Waals surface area (Å²) in [5, 5.41) is 5.83. The molecular weight excluding hydrogens is 330 g/mol. The highest BCUT2D eigenvalue weighted by molar-refractivity contribution is 5.94. The van der Waals surface area contributed by atoms with Gasteiger partial charge in [-0.1, -0.05) is 6.92 Å². The van der Waals surface area contributed by atoms with Crippen LogP contribution in [0.4, 0.5) is 5.69 Å². The lowest BCUT2D eigenvalue weighted by Crippen LogP contribution is -2.37. The zero-order valence-corrected chi connectivity index (χ0v) is 15.0. The van der Waals surface area contributed by atoms with Crippen molar-refractivity contribution < 1.29 is 14.0 Å². The molecule has 2 N–H and O–H groups in total. The lowest BCUT2D eigenvalue weighted by Gasteiger charge is -2.30. The van der Waals surface area contributed by atoms with Crippen molar-refractivity contribution in [1.29, 1.82) is 0 Å². The van der Waals surface area contributed by atoms with Gasteiger partial charge in [0.1, 0.15) is 5.76 Å². The topological polar surface area (TPSA) is 74.6 Å². The maximum atomic E-state index is 12.5. The molecule has 2 heterocycles. The molecule has 0 spiro atoms. The van der Waals surface area contributed by atoms with Crippen molar-refractivity contribution in [1.82, 2.24) is 10.2 Å². The molecule has 3 rings (SSSR count). The Bertz CT molecular complexity index is 717. The number of carbonyl (C=O) groups excluding carboxylic acids is 2.